The molecule has 2 saturated heterocycles. The Morgan fingerprint density at radius 2 is 2.09 bits per heavy atom. The van der Waals surface area contributed by atoms with Gasteiger partial charge < -0.3 is 9.32 Å². The Bertz CT molecular complexity index is 672. The molecule has 0 aromatic carbocycles. The fourth-order valence-electron chi connectivity index (χ4n) is 2.47. The first-order valence-corrected chi connectivity index (χ1v) is 8.20. The average Bonchev–Trinajstić information content (AvgIpc) is 3.26. The summed E-state index contributed by atoms with van der Waals surface area (Å²) in [6, 6.07) is 3.54. The highest BCUT2D eigenvalue weighted by Gasteiger charge is 2.37. The Kier molecular flexibility index (Phi) is 4.66. The van der Waals surface area contributed by atoms with Crippen LogP contribution in [-0.4, -0.2) is 46.5 Å². The zero-order valence-corrected chi connectivity index (χ0v) is 13.3. The SMILES string of the molecule is O=C(CN1C(=O)S/C(=C/C=C/c2ccco2)C1=O)N1CCCC1. The van der Waals surface area contributed by atoms with E-state index in [2.05, 4.69) is 0 Å². The number of hydrogen-bond acceptors (Lipinski definition) is 5. The molecule has 0 aliphatic carbocycles. The highest BCUT2D eigenvalue weighted by atomic mass is 32.2. The van der Waals surface area contributed by atoms with Crippen LogP contribution in [0.15, 0.2) is 39.9 Å². The minimum absolute atomic E-state index is 0.169. The number of furan rings is 1. The van der Waals surface area contributed by atoms with Gasteiger partial charge in [0, 0.05) is 13.1 Å². The summed E-state index contributed by atoms with van der Waals surface area (Å²) < 4.78 is 5.14. The van der Waals surface area contributed by atoms with E-state index in [1.54, 1.807) is 41.5 Å². The zero-order valence-electron chi connectivity index (χ0n) is 12.4. The maximum absolute atomic E-state index is 12.2. The first-order chi connectivity index (χ1) is 11.1. The molecular formula is C16H16N2O4S. The van der Waals surface area contributed by atoms with E-state index in [4.69, 9.17) is 4.42 Å². The van der Waals surface area contributed by atoms with Crippen molar-refractivity contribution in [3.05, 3.63) is 41.2 Å². The van der Waals surface area contributed by atoms with E-state index in [-0.39, 0.29) is 12.5 Å². The van der Waals surface area contributed by atoms with Crippen LogP contribution in [0, 0.1) is 0 Å². The molecule has 3 heterocycles. The van der Waals surface area contributed by atoms with Crippen molar-refractivity contribution in [2.75, 3.05) is 19.6 Å². The van der Waals surface area contributed by atoms with Crippen molar-refractivity contribution in [1.82, 2.24) is 9.80 Å². The lowest BCUT2D eigenvalue weighted by Gasteiger charge is -2.18. The summed E-state index contributed by atoms with van der Waals surface area (Å²) in [5.74, 6) is 0.0681. The number of thioether (sulfide) groups is 1. The van der Waals surface area contributed by atoms with Crippen molar-refractivity contribution in [2.45, 2.75) is 12.8 Å². The predicted octanol–water partition coefficient (Wildman–Crippen LogP) is 2.49. The molecule has 0 bridgehead atoms. The lowest BCUT2D eigenvalue weighted by molar-refractivity contribution is -0.135. The minimum atomic E-state index is -0.420. The molecule has 1 aromatic heterocycles. The van der Waals surface area contributed by atoms with Crippen molar-refractivity contribution < 1.29 is 18.8 Å². The lowest BCUT2D eigenvalue weighted by Crippen LogP contribution is -2.40. The van der Waals surface area contributed by atoms with Crippen molar-refractivity contribution in [1.29, 1.82) is 0 Å². The fraction of sp³-hybridized carbons (Fsp3) is 0.312. The van der Waals surface area contributed by atoms with E-state index in [0.29, 0.717) is 23.8 Å². The van der Waals surface area contributed by atoms with Crippen LogP contribution in [-0.2, 0) is 9.59 Å². The van der Waals surface area contributed by atoms with E-state index >= 15 is 0 Å². The number of carbonyl (C=O) groups excluding carboxylic acids is 3. The molecule has 3 amide bonds. The molecule has 6 nitrogen and oxygen atoms in total. The topological polar surface area (TPSA) is 70.8 Å². The van der Waals surface area contributed by atoms with Gasteiger partial charge >= 0.3 is 0 Å². The van der Waals surface area contributed by atoms with Gasteiger partial charge in [0.2, 0.25) is 5.91 Å². The molecule has 0 spiro atoms. The van der Waals surface area contributed by atoms with Gasteiger partial charge in [-0.15, -0.1) is 0 Å². The third kappa shape index (κ3) is 3.56. The summed E-state index contributed by atoms with van der Waals surface area (Å²) >= 11 is 0.849. The molecule has 0 atom stereocenters. The molecule has 0 radical (unpaired) electrons. The summed E-state index contributed by atoms with van der Waals surface area (Å²) in [5, 5.41) is -0.403. The molecular weight excluding hydrogens is 316 g/mol. The summed E-state index contributed by atoms with van der Waals surface area (Å²) in [5.41, 5.74) is 0. The van der Waals surface area contributed by atoms with Crippen LogP contribution >= 0.6 is 11.8 Å². The first kappa shape index (κ1) is 15.6. The lowest BCUT2D eigenvalue weighted by atomic mass is 10.3. The molecule has 2 aliphatic heterocycles. The summed E-state index contributed by atoms with van der Waals surface area (Å²) in [7, 11) is 0. The number of amides is 3. The Morgan fingerprint density at radius 3 is 2.78 bits per heavy atom. The van der Waals surface area contributed by atoms with Crippen LogP contribution in [0.4, 0.5) is 4.79 Å². The molecule has 0 unspecified atom stereocenters. The Morgan fingerprint density at radius 1 is 1.30 bits per heavy atom. The summed E-state index contributed by atoms with van der Waals surface area (Å²) in [6.45, 7) is 1.23. The van der Waals surface area contributed by atoms with E-state index in [1.807, 2.05) is 0 Å². The summed E-state index contributed by atoms with van der Waals surface area (Å²) in [6.07, 6.45) is 8.42. The fourth-order valence-corrected chi connectivity index (χ4v) is 3.26. The molecule has 2 fully saturated rings. The second-order valence-corrected chi connectivity index (χ2v) is 6.25. The van der Waals surface area contributed by atoms with Crippen molar-refractivity contribution >= 4 is 34.9 Å². The number of carbonyl (C=O) groups is 3. The van der Waals surface area contributed by atoms with Gasteiger partial charge in [0.15, 0.2) is 0 Å². The molecule has 2 aliphatic rings. The highest BCUT2D eigenvalue weighted by molar-refractivity contribution is 8.18. The van der Waals surface area contributed by atoms with E-state index in [0.717, 1.165) is 29.5 Å². The minimum Gasteiger partial charge on any atom is -0.465 e. The molecule has 23 heavy (non-hydrogen) atoms. The Balaban J connectivity index is 1.63. The van der Waals surface area contributed by atoms with Gasteiger partial charge in [0.1, 0.15) is 12.3 Å². The molecule has 7 heteroatoms. The molecule has 1 aromatic rings. The quantitative estimate of drug-likeness (QED) is 0.792. The van der Waals surface area contributed by atoms with E-state index < -0.39 is 11.1 Å². The van der Waals surface area contributed by atoms with Crippen LogP contribution in [0.1, 0.15) is 18.6 Å². The van der Waals surface area contributed by atoms with E-state index in [9.17, 15) is 14.4 Å². The predicted molar refractivity (Wildman–Crippen MR) is 86.3 cm³/mol. The monoisotopic (exact) mass is 332 g/mol. The second kappa shape index (κ2) is 6.87. The van der Waals surface area contributed by atoms with Crippen LogP contribution in [0.5, 0.6) is 0 Å². The zero-order chi connectivity index (χ0) is 16.2. The maximum Gasteiger partial charge on any atom is 0.294 e. The number of hydrogen-bond donors (Lipinski definition) is 0. The largest absolute Gasteiger partial charge is 0.465 e. The van der Waals surface area contributed by atoms with Gasteiger partial charge in [-0.3, -0.25) is 19.3 Å². The standard InChI is InChI=1S/C16H16N2O4S/c19-14(17-8-1-2-9-17)11-18-15(20)13(23-16(18)21)7-3-5-12-6-4-10-22-12/h3-7,10H,1-2,8-9,11H2/b5-3+,13-7+. The van der Waals surface area contributed by atoms with Crippen LogP contribution in [0.3, 0.4) is 0 Å². The average molecular weight is 332 g/mol. The van der Waals surface area contributed by atoms with Gasteiger partial charge in [-0.2, -0.15) is 0 Å². The van der Waals surface area contributed by atoms with Gasteiger partial charge in [-0.25, -0.2) is 0 Å². The van der Waals surface area contributed by atoms with Crippen molar-refractivity contribution in [2.24, 2.45) is 0 Å². The number of likely N-dealkylation sites (tertiary alicyclic amines) is 1. The smallest absolute Gasteiger partial charge is 0.294 e. The van der Waals surface area contributed by atoms with Gasteiger partial charge in [-0.1, -0.05) is 6.08 Å². The Hall–Kier alpha value is -2.28. The van der Waals surface area contributed by atoms with Crippen molar-refractivity contribution in [3.63, 3.8) is 0 Å². The summed E-state index contributed by atoms with van der Waals surface area (Å²) in [4.78, 5) is 39.3. The highest BCUT2D eigenvalue weighted by Crippen LogP contribution is 2.30. The number of allylic oxidation sites excluding steroid dienone is 2. The van der Waals surface area contributed by atoms with Gasteiger partial charge in [0.05, 0.1) is 11.2 Å². The van der Waals surface area contributed by atoms with E-state index in [1.165, 1.54) is 0 Å². The molecule has 120 valence electrons. The number of nitrogens with zero attached hydrogens (tertiary/aromatic N) is 2. The third-order valence-electron chi connectivity index (χ3n) is 3.68. The first-order valence-electron chi connectivity index (χ1n) is 7.38. The third-order valence-corrected chi connectivity index (χ3v) is 4.60. The number of imide groups is 1. The van der Waals surface area contributed by atoms with Crippen molar-refractivity contribution in [3.8, 4) is 0 Å². The number of rotatable bonds is 4. The van der Waals surface area contributed by atoms with Gasteiger partial charge in [-0.05, 0) is 48.9 Å². The normalized spacial score (nSPS) is 20.4. The maximum atomic E-state index is 12.2. The molecule has 3 rings (SSSR count). The molecule has 0 N–H and O–H groups in total. The molecule has 0 saturated carbocycles. The Labute approximate surface area is 137 Å². The van der Waals surface area contributed by atoms with Crippen LogP contribution in [0.2, 0.25) is 0 Å². The van der Waals surface area contributed by atoms with Gasteiger partial charge in [0.25, 0.3) is 11.1 Å². The van der Waals surface area contributed by atoms with Crippen LogP contribution < -0.4 is 0 Å². The van der Waals surface area contributed by atoms with Crippen LogP contribution in [0.25, 0.3) is 6.08 Å². The second-order valence-electron chi connectivity index (χ2n) is 5.25.